The monoisotopic (exact) mass is 1730 g/mol. The molecule has 25 nitrogen and oxygen atoms in total. The van der Waals surface area contributed by atoms with Crippen LogP contribution in [0.5, 0.6) is 0 Å². The minimum absolute atomic E-state index is 0. The molecule has 4 aliphatic heterocycles. The Balaban J connectivity index is 0.00000427. The average Bonchev–Trinajstić information content (AvgIpc) is 3.28. The number of esters is 9. The molecule has 0 saturated carbocycles. The van der Waals surface area contributed by atoms with Gasteiger partial charge in [0.05, 0.1) is 6.10 Å². The topological polar surface area (TPSA) is 301 Å². The summed E-state index contributed by atoms with van der Waals surface area (Å²) in [5.41, 5.74) is 0. The second-order valence-electron chi connectivity index (χ2n) is 16.0. The molecular formula is C42H61I6O25-. The zero-order valence-electron chi connectivity index (χ0n) is 41.2. The minimum atomic E-state index is -1.91. The predicted octanol–water partition coefficient (Wildman–Crippen LogP) is 1.35. The van der Waals surface area contributed by atoms with Crippen molar-refractivity contribution in [2.24, 2.45) is 0 Å². The summed E-state index contributed by atoms with van der Waals surface area (Å²) in [5.74, 6) is -7.78. The molecule has 0 aromatic rings. The molecule has 0 bridgehead atoms. The fourth-order valence-corrected chi connectivity index (χ4v) is 7.84. The molecule has 0 amide bonds. The number of hydrogen-bond acceptors (Lipinski definition) is 25. The first-order valence-electron chi connectivity index (χ1n) is 21.9. The van der Waals surface area contributed by atoms with Gasteiger partial charge in [0.25, 0.3) is 0 Å². The first-order valence-corrected chi connectivity index (χ1v) is 40.8. The molecule has 4 heterocycles. The third kappa shape index (κ3) is 24.5. The Morgan fingerprint density at radius 3 is 1.05 bits per heavy atom. The van der Waals surface area contributed by atoms with Crippen LogP contribution in [0.2, 0.25) is 0 Å². The van der Waals surface area contributed by atoms with E-state index in [1.807, 2.05) is 0 Å². The summed E-state index contributed by atoms with van der Waals surface area (Å²) in [5, 5.41) is 0. The van der Waals surface area contributed by atoms with Crippen molar-refractivity contribution < 1.29 is 132 Å². The summed E-state index contributed by atoms with van der Waals surface area (Å²) in [6.07, 6.45) is -22.7. The fraction of sp³-hybridized carbons (Fsp3) is 0.786. The molecular weight excluding hydrogens is 1670 g/mol. The van der Waals surface area contributed by atoms with Gasteiger partial charge in [-0.15, -0.1) is 24.0 Å². The number of carbonyl (C=O) groups excluding carboxylic acids is 9. The number of carbonyl (C=O) groups is 9. The van der Waals surface area contributed by atoms with Crippen LogP contribution in [0, 0.1) is 0 Å². The van der Waals surface area contributed by atoms with Crippen molar-refractivity contribution in [2.75, 3.05) is 26.4 Å². The quantitative estimate of drug-likeness (QED) is 0.106. The van der Waals surface area contributed by atoms with Gasteiger partial charge >= 0.3 is 104 Å². The van der Waals surface area contributed by atoms with Crippen LogP contribution in [0.4, 0.5) is 0 Å². The molecule has 0 spiro atoms. The normalized spacial score (nSPS) is 31.5. The Kier molecular flexibility index (Phi) is 35.2. The third-order valence-corrected chi connectivity index (χ3v) is 10.2. The van der Waals surface area contributed by atoms with Crippen molar-refractivity contribution in [1.82, 2.24) is 0 Å². The molecule has 4 fully saturated rings. The third-order valence-electron chi connectivity index (χ3n) is 10.2. The van der Waals surface area contributed by atoms with E-state index in [0.717, 1.165) is 68.7 Å². The van der Waals surface area contributed by atoms with Gasteiger partial charge < -0.3 is 75.8 Å². The zero-order chi connectivity index (χ0) is 54.4. The molecule has 4 aliphatic rings. The number of ether oxygens (including phenoxy) is 16. The van der Waals surface area contributed by atoms with Crippen LogP contribution in [0.15, 0.2) is 0 Å². The van der Waals surface area contributed by atoms with E-state index in [1.165, 1.54) is 6.92 Å². The SMILES string of the molecule is CC(=O)OCC1O[C@H](O[C@@H]2C(COC(C)=O)O[C@H](O[C@@H]3C(COC(C)=O)O[C@H](C)C(OC(C)=O)[C@H]3OC(C)=O)C(OC(C)=O)[C@H]2OC(C)=O)C(OC(C)=O)[C@@H](OC(C)=O)[C@@H]1OC1CCCCO1.I.II.I[I-]I. The Hall–Kier alpha value is -0.670. The number of halogens is 6. The van der Waals surface area contributed by atoms with E-state index in [9.17, 15) is 43.2 Å². The Morgan fingerprint density at radius 2 is 0.740 bits per heavy atom. The van der Waals surface area contributed by atoms with Crippen molar-refractivity contribution >= 4 is 152 Å². The van der Waals surface area contributed by atoms with Gasteiger partial charge in [-0.1, -0.05) is 0 Å². The van der Waals surface area contributed by atoms with Crippen LogP contribution in [-0.4, -0.2) is 178 Å². The van der Waals surface area contributed by atoms with Gasteiger partial charge in [0.15, 0.2) is 55.5 Å². The van der Waals surface area contributed by atoms with E-state index in [4.69, 9.17) is 75.8 Å². The first kappa shape index (κ1) is 70.3. The van der Waals surface area contributed by atoms with Crippen molar-refractivity contribution in [3.05, 3.63) is 0 Å². The van der Waals surface area contributed by atoms with Crippen LogP contribution >= 0.6 is 98.4 Å². The molecule has 31 heteroatoms. The Labute approximate surface area is 492 Å². The number of rotatable bonds is 18. The van der Waals surface area contributed by atoms with Crippen molar-refractivity contribution in [3.63, 3.8) is 0 Å². The van der Waals surface area contributed by atoms with Crippen molar-refractivity contribution in [1.29, 1.82) is 0 Å². The Bertz CT molecular complexity index is 1810. The summed E-state index contributed by atoms with van der Waals surface area (Å²) in [4.78, 5) is 113. The van der Waals surface area contributed by atoms with Gasteiger partial charge in [0.1, 0.15) is 56.4 Å². The maximum atomic E-state index is 13.0. The van der Waals surface area contributed by atoms with E-state index in [-0.39, 0.29) is 24.0 Å². The summed E-state index contributed by atoms with van der Waals surface area (Å²) in [6.45, 7) is 9.62. The molecule has 0 aromatic heterocycles. The van der Waals surface area contributed by atoms with Crippen LogP contribution < -0.4 is 13.3 Å². The molecule has 0 N–H and O–H groups in total. The average molecular weight is 1730 g/mol. The van der Waals surface area contributed by atoms with Crippen LogP contribution in [0.1, 0.15) is 88.5 Å². The van der Waals surface area contributed by atoms with E-state index in [1.54, 1.807) is 0 Å². The standard InChI is InChI=1S/C42H60O25.I3.I2.HI/c1-18-32(57-22(5)46)36(58-23(6)47)34(28(56-18)15-53-19(2)43)66-42-40(62-27(10)51)38(60-25(8)49)35(30(64-42)17-55-21(4)45)67-41-39(61-26(9)50)37(59-24(7)48)33(29(63-41)16-54-20(3)44)65-31-13-11-12-14-52-31;1-3-2;1-2;/h18,28-42H,11-17H2,1-10H3;;;1H/q;-1;;/t18-,28?,29?,30?,31?,32?,33-,34-,35-,36-,37+,38+,39?,40?,41-,42-;;;/m1.../s1. The predicted molar refractivity (Wildman–Crippen MR) is 285 cm³/mol. The summed E-state index contributed by atoms with van der Waals surface area (Å²) in [7, 11) is 0. The van der Waals surface area contributed by atoms with Gasteiger partial charge in [0.2, 0.25) is 0 Å². The van der Waals surface area contributed by atoms with Gasteiger partial charge in [-0.25, -0.2) is 0 Å². The van der Waals surface area contributed by atoms with Gasteiger partial charge in [-0.3, -0.25) is 43.2 Å². The Morgan fingerprint density at radius 1 is 0.438 bits per heavy atom. The van der Waals surface area contributed by atoms with Crippen molar-refractivity contribution in [2.45, 2.75) is 187 Å². The second kappa shape index (κ2) is 36.5. The fourth-order valence-electron chi connectivity index (χ4n) is 7.84. The first-order chi connectivity index (χ1) is 33.9. The van der Waals surface area contributed by atoms with E-state index in [0.29, 0.717) is 32.7 Å². The summed E-state index contributed by atoms with van der Waals surface area (Å²) >= 11 is 9.54. The van der Waals surface area contributed by atoms with E-state index < -0.39 is 172 Å². The van der Waals surface area contributed by atoms with Gasteiger partial charge in [-0.05, 0) is 26.2 Å². The molecule has 16 atom stereocenters. The molecule has 0 radical (unpaired) electrons. The van der Waals surface area contributed by atoms with Gasteiger partial charge in [0, 0.05) is 106 Å². The maximum absolute atomic E-state index is 13.0. The molecule has 0 aromatic carbocycles. The molecule has 4 rings (SSSR count). The summed E-state index contributed by atoms with van der Waals surface area (Å²) < 4.78 is 93.7. The van der Waals surface area contributed by atoms with E-state index in [2.05, 4.69) is 74.5 Å². The molecule has 7 unspecified atom stereocenters. The summed E-state index contributed by atoms with van der Waals surface area (Å²) in [6, 6.07) is 0. The molecule has 4 saturated heterocycles. The molecule has 73 heavy (non-hydrogen) atoms. The van der Waals surface area contributed by atoms with Crippen LogP contribution in [-0.2, 0) is 119 Å². The zero-order valence-corrected chi connectivity index (χ0v) is 54.3. The molecule has 422 valence electrons. The van der Waals surface area contributed by atoms with Crippen molar-refractivity contribution in [3.8, 4) is 0 Å². The second-order valence-corrected chi connectivity index (χ2v) is 32.2. The van der Waals surface area contributed by atoms with Crippen LogP contribution in [0.25, 0.3) is 0 Å². The van der Waals surface area contributed by atoms with E-state index >= 15 is 0 Å². The van der Waals surface area contributed by atoms with Crippen LogP contribution in [0.3, 0.4) is 0 Å². The van der Waals surface area contributed by atoms with Gasteiger partial charge in [-0.2, -0.15) is 0 Å². The number of hydrogen-bond donors (Lipinski definition) is 0. The molecule has 0 aliphatic carbocycles.